The predicted molar refractivity (Wildman–Crippen MR) is 265 cm³/mol. The largest absolute Gasteiger partial charge is 0.481 e. The van der Waals surface area contributed by atoms with Crippen LogP contribution in [0.3, 0.4) is 0 Å². The first-order chi connectivity index (χ1) is 37.4. The third-order valence-electron chi connectivity index (χ3n) is 21.0. The highest BCUT2D eigenvalue weighted by molar-refractivity contribution is 5.80. The van der Waals surface area contributed by atoms with E-state index in [1.807, 2.05) is 13.8 Å². The molecule has 0 aromatic carbocycles. The summed E-state index contributed by atoms with van der Waals surface area (Å²) in [6.45, 7) is 9.84. The Morgan fingerprint density at radius 3 is 1.91 bits per heavy atom. The normalized spacial score (nSPS) is 52.9. The van der Waals surface area contributed by atoms with E-state index < -0.39 is 218 Å². The molecule has 29 atom stereocenters. The molecule has 0 spiro atoms. The van der Waals surface area contributed by atoms with E-state index in [1.165, 1.54) is 6.92 Å². The molecule has 9 unspecified atom stereocenters. The summed E-state index contributed by atoms with van der Waals surface area (Å²) >= 11 is 0. The van der Waals surface area contributed by atoms with E-state index in [4.69, 9.17) is 42.6 Å². The maximum atomic E-state index is 15.4. The second-order valence-electron chi connectivity index (χ2n) is 25.9. The van der Waals surface area contributed by atoms with Crippen molar-refractivity contribution < 1.29 is 129 Å². The van der Waals surface area contributed by atoms with Crippen LogP contribution < -0.4 is 0 Å². The number of rotatable bonds is 12. The first-order valence-electron chi connectivity index (χ1n) is 27.9. The lowest BCUT2D eigenvalue weighted by molar-refractivity contribution is -0.369. The zero-order chi connectivity index (χ0) is 58.7. The number of carbonyl (C=O) groups is 3. The summed E-state index contributed by atoms with van der Waals surface area (Å²) < 4.78 is 52.8. The van der Waals surface area contributed by atoms with Gasteiger partial charge in [-0.1, -0.05) is 46.3 Å². The summed E-state index contributed by atoms with van der Waals surface area (Å²) in [5.41, 5.74) is -6.01. The lowest BCUT2D eigenvalue weighted by Crippen LogP contribution is -2.72. The molecule has 4 heterocycles. The van der Waals surface area contributed by atoms with Gasteiger partial charge < -0.3 is 114 Å². The average Bonchev–Trinajstić information content (AvgIpc) is 1.81. The van der Waals surface area contributed by atoms with Gasteiger partial charge in [-0.15, -0.1) is 0 Å². The van der Waals surface area contributed by atoms with Crippen LogP contribution >= 0.6 is 0 Å². The smallest absolute Gasteiger partial charge is 0.317 e. The standard InChI is InChI=1S/C54H84O26/c1-21-39(77-43-36(66)32(62)26(59)18-72-43)38(68)41(75-22(2)57)46(74-21)78-40-33(63)27(60)19-73-45(40)80-48(71)53-13-12-49(3,4)14-24(53)23-8-9-29-50(5)15-25(58)42(79-44-37(67)35(65)34(64)28(17-55)76-44)54(20-56,47(69)70)30(50)10-11-51(29,6)52(23,7)16-31(53)61/h8,21,24-46,55-56,58-68H,9-20H2,1-7H3,(H,69,70)/t21?,24?,25-,26+,27-,28?,29?,30?,31+,32+,33+,34+,35+,36?,37?,38-,39-,40?,41?,42-,43-,44-,45-,46-,50+,51+,52+,53+,54+/m1/s1. The Morgan fingerprint density at radius 1 is 0.637 bits per heavy atom. The van der Waals surface area contributed by atoms with Gasteiger partial charge in [0.15, 0.2) is 31.1 Å². The van der Waals surface area contributed by atoms with Crippen molar-refractivity contribution in [3.05, 3.63) is 11.6 Å². The van der Waals surface area contributed by atoms with Crippen LogP contribution in [0.4, 0.5) is 0 Å². The minimum absolute atomic E-state index is 0.0162. The molecule has 0 aromatic heterocycles. The molecular weight excluding hydrogens is 1060 g/mol. The number of aliphatic hydroxyl groups excluding tert-OH is 13. The third-order valence-corrected chi connectivity index (χ3v) is 21.0. The molecule has 4 aliphatic heterocycles. The number of ether oxygens (including phenoxy) is 9. The zero-order valence-electron chi connectivity index (χ0n) is 46.1. The molecule has 26 heteroatoms. The number of allylic oxidation sites excluding steroid dienone is 2. The Morgan fingerprint density at radius 2 is 1.27 bits per heavy atom. The van der Waals surface area contributed by atoms with Crippen molar-refractivity contribution in [2.75, 3.05) is 26.4 Å². The van der Waals surface area contributed by atoms with Gasteiger partial charge >= 0.3 is 17.9 Å². The van der Waals surface area contributed by atoms with Crippen molar-refractivity contribution >= 4 is 17.9 Å². The van der Waals surface area contributed by atoms with Gasteiger partial charge in [0.2, 0.25) is 6.29 Å². The van der Waals surface area contributed by atoms with Crippen molar-refractivity contribution in [2.24, 2.45) is 50.2 Å². The van der Waals surface area contributed by atoms with Crippen molar-refractivity contribution in [1.82, 2.24) is 0 Å². The van der Waals surface area contributed by atoms with E-state index in [0.717, 1.165) is 12.5 Å². The number of fused-ring (bicyclic) bond motifs is 7. The first-order valence-corrected chi connectivity index (χ1v) is 27.9. The number of aliphatic carboxylic acids is 1. The van der Waals surface area contributed by atoms with E-state index in [1.54, 1.807) is 0 Å². The number of carboxylic acids is 1. The Labute approximate surface area is 462 Å². The van der Waals surface area contributed by atoms with Crippen molar-refractivity contribution in [2.45, 2.75) is 229 Å². The summed E-state index contributed by atoms with van der Waals surface area (Å²) in [5, 5.41) is 154. The van der Waals surface area contributed by atoms with Gasteiger partial charge in [-0.2, -0.15) is 0 Å². The lowest BCUT2D eigenvalue weighted by Gasteiger charge is -2.72. The minimum atomic E-state index is -2.20. The van der Waals surface area contributed by atoms with Gasteiger partial charge in [-0.25, -0.2) is 0 Å². The monoisotopic (exact) mass is 1150 g/mol. The van der Waals surface area contributed by atoms with Crippen LogP contribution in [-0.4, -0.2) is 245 Å². The van der Waals surface area contributed by atoms with Gasteiger partial charge in [0.25, 0.3) is 0 Å². The van der Waals surface area contributed by atoms with Gasteiger partial charge in [0, 0.05) is 6.92 Å². The highest BCUT2D eigenvalue weighted by atomic mass is 16.8. The fraction of sp³-hybridized carbons (Fsp3) is 0.907. The summed E-state index contributed by atoms with van der Waals surface area (Å²) in [7, 11) is 0. The van der Waals surface area contributed by atoms with Gasteiger partial charge in [-0.05, 0) is 97.7 Å². The molecule has 456 valence electrons. The fourth-order valence-electron chi connectivity index (χ4n) is 16.4. The fourth-order valence-corrected chi connectivity index (χ4v) is 16.4. The van der Waals surface area contributed by atoms with Crippen LogP contribution in [0.2, 0.25) is 0 Å². The third kappa shape index (κ3) is 9.78. The van der Waals surface area contributed by atoms with Gasteiger partial charge in [0.1, 0.15) is 84.1 Å². The van der Waals surface area contributed by atoms with E-state index in [2.05, 4.69) is 26.8 Å². The topological polar surface area (TPSA) is 418 Å². The Kier molecular flexibility index (Phi) is 17.3. The lowest BCUT2D eigenvalue weighted by atomic mass is 9.33. The number of hydrogen-bond acceptors (Lipinski definition) is 25. The average molecular weight is 1150 g/mol. The Balaban J connectivity index is 0.995. The molecule has 80 heavy (non-hydrogen) atoms. The number of aliphatic hydroxyl groups is 13. The Bertz CT molecular complexity index is 2300. The van der Waals surface area contributed by atoms with Crippen LogP contribution in [0.5, 0.6) is 0 Å². The number of esters is 2. The van der Waals surface area contributed by atoms with Crippen LogP contribution in [0.25, 0.3) is 0 Å². The quantitative estimate of drug-likeness (QED) is 0.0520. The predicted octanol–water partition coefficient (Wildman–Crippen LogP) is -3.18. The summed E-state index contributed by atoms with van der Waals surface area (Å²) in [4.78, 5) is 41.8. The maximum absolute atomic E-state index is 15.4. The molecular formula is C54H84O26. The first kappa shape index (κ1) is 61.9. The second-order valence-corrected chi connectivity index (χ2v) is 25.9. The molecule has 4 saturated carbocycles. The van der Waals surface area contributed by atoms with Gasteiger partial charge in [0.05, 0.1) is 44.7 Å². The van der Waals surface area contributed by atoms with Crippen LogP contribution in [-0.2, 0) is 57.0 Å². The van der Waals surface area contributed by atoms with Gasteiger partial charge in [-0.3, -0.25) is 14.4 Å². The molecule has 9 aliphatic rings. The van der Waals surface area contributed by atoms with E-state index in [-0.39, 0.29) is 31.1 Å². The molecule has 0 aromatic rings. The maximum Gasteiger partial charge on any atom is 0.317 e. The van der Waals surface area contributed by atoms with E-state index in [9.17, 15) is 81.1 Å². The summed E-state index contributed by atoms with van der Waals surface area (Å²) in [6, 6.07) is 0. The number of carbonyl (C=O) groups excluding carboxylic acids is 2. The minimum Gasteiger partial charge on any atom is -0.481 e. The molecule has 0 bridgehead atoms. The van der Waals surface area contributed by atoms with Crippen LogP contribution in [0.15, 0.2) is 11.6 Å². The molecule has 26 nitrogen and oxygen atoms in total. The highest BCUT2D eigenvalue weighted by Gasteiger charge is 2.75. The summed E-state index contributed by atoms with van der Waals surface area (Å²) in [6.07, 6.45) is -30.9. The molecule has 5 aliphatic carbocycles. The summed E-state index contributed by atoms with van der Waals surface area (Å²) in [5.74, 6) is -5.24. The highest BCUT2D eigenvalue weighted by Crippen LogP contribution is 2.76. The van der Waals surface area contributed by atoms with E-state index >= 15 is 4.79 Å². The molecule has 4 saturated heterocycles. The molecule has 9 rings (SSSR count). The van der Waals surface area contributed by atoms with E-state index in [0.29, 0.717) is 25.7 Å². The molecule has 14 N–H and O–H groups in total. The van der Waals surface area contributed by atoms with Crippen LogP contribution in [0, 0.1) is 50.2 Å². The number of carboxylic acid groups (broad SMARTS) is 1. The molecule has 0 amide bonds. The van der Waals surface area contributed by atoms with Crippen molar-refractivity contribution in [3.63, 3.8) is 0 Å². The zero-order valence-corrected chi connectivity index (χ0v) is 46.1. The molecule has 0 radical (unpaired) electrons. The second kappa shape index (κ2) is 22.3. The molecule has 8 fully saturated rings. The van der Waals surface area contributed by atoms with Crippen LogP contribution in [0.1, 0.15) is 99.8 Å². The van der Waals surface area contributed by atoms with Crippen molar-refractivity contribution in [3.8, 4) is 0 Å². The number of hydrogen-bond donors (Lipinski definition) is 14. The van der Waals surface area contributed by atoms with Crippen molar-refractivity contribution in [1.29, 1.82) is 0 Å². The Hall–Kier alpha value is -2.65. The SMILES string of the molecule is CC(=O)OC1[C@@H](OC2[C@@H](OC(=O)[C@@]34CCC(C)(C)CC3C3=CCC5[C@]6(C)C[C@@H](O)[C@@H](O[C@H]7OC(CO)[C@H](O)[C@H](O)C7O)[C@@](CO)(C(=O)O)C6CC[C@]5(C)[C@@]3(C)C[C@@H]4O)OC[C@@H](O)[C@@H]2O)OC(C)[C@@H](O[C@H]2OC[C@H](O)[C@H](O)C2O)[C@H]1O.